The zero-order valence-electron chi connectivity index (χ0n) is 22.3. The summed E-state index contributed by atoms with van der Waals surface area (Å²) in [7, 11) is 0. The van der Waals surface area contributed by atoms with Crippen molar-refractivity contribution in [2.45, 2.75) is 19.6 Å². The van der Waals surface area contributed by atoms with E-state index in [2.05, 4.69) is 10.6 Å². The molecule has 0 aliphatic carbocycles. The Hall–Kier alpha value is -5.26. The molecule has 0 aromatic heterocycles. The molecule has 0 heterocycles. The van der Waals surface area contributed by atoms with E-state index in [9.17, 15) is 19.2 Å². The molecule has 43 heavy (non-hydrogen) atoms. The molecule has 11 heteroatoms. The third kappa shape index (κ3) is 10.6. The second-order valence-electron chi connectivity index (χ2n) is 8.62. The summed E-state index contributed by atoms with van der Waals surface area (Å²) in [5.74, 6) is -2.03. The van der Waals surface area contributed by atoms with Crippen LogP contribution in [-0.2, 0) is 19.2 Å². The van der Waals surface area contributed by atoms with E-state index in [1.54, 1.807) is 47.8 Å². The number of amides is 2. The molecule has 0 aliphatic heterocycles. The molecular weight excluding hydrogens is 588 g/mol. The van der Waals surface area contributed by atoms with E-state index in [0.29, 0.717) is 22.9 Å². The molecule has 4 N–H and O–H groups in total. The summed E-state index contributed by atoms with van der Waals surface area (Å²) in [4.78, 5) is 48.4. The van der Waals surface area contributed by atoms with E-state index in [1.807, 2.05) is 72.8 Å². The first-order valence-electron chi connectivity index (χ1n) is 12.6. The molecule has 0 atom stereocenters. The number of carboxylic acids is 2. The van der Waals surface area contributed by atoms with Crippen molar-refractivity contribution in [3.05, 3.63) is 121 Å². The molecule has 0 fully saturated rings. The second kappa shape index (κ2) is 15.1. The van der Waals surface area contributed by atoms with Gasteiger partial charge in [0.2, 0.25) is 11.8 Å². The van der Waals surface area contributed by atoms with Crippen LogP contribution in [0.3, 0.4) is 0 Å². The normalized spacial score (nSPS) is 10.9. The molecule has 0 unspecified atom stereocenters. The summed E-state index contributed by atoms with van der Waals surface area (Å²) in [5, 5.41) is 22.4. The van der Waals surface area contributed by atoms with Gasteiger partial charge in [-0.3, -0.25) is 9.59 Å². The van der Waals surface area contributed by atoms with Gasteiger partial charge in [0.05, 0.1) is 0 Å². The number of anilines is 2. The van der Waals surface area contributed by atoms with E-state index in [0.717, 1.165) is 43.9 Å². The maximum Gasteiger partial charge on any atom is 0.328 e. The third-order valence-corrected chi connectivity index (χ3v) is 7.38. The van der Waals surface area contributed by atoms with Gasteiger partial charge in [0, 0.05) is 55.3 Å². The van der Waals surface area contributed by atoms with Gasteiger partial charge in [-0.25, -0.2) is 9.59 Å². The number of hydrogen-bond donors (Lipinski definition) is 4. The topological polar surface area (TPSA) is 142 Å². The van der Waals surface area contributed by atoms with Crippen molar-refractivity contribution < 1.29 is 34.1 Å². The number of carbonyl (C=O) groups excluding carboxylic acids is 2. The molecule has 4 rings (SSSR count). The van der Waals surface area contributed by atoms with Gasteiger partial charge < -0.3 is 25.6 Å². The molecule has 0 spiro atoms. The van der Waals surface area contributed by atoms with Crippen LogP contribution in [0.4, 0.5) is 11.4 Å². The van der Waals surface area contributed by atoms with Crippen LogP contribution in [-0.4, -0.2) is 34.0 Å². The van der Waals surface area contributed by atoms with Crippen molar-refractivity contribution in [2.24, 2.45) is 0 Å². The Labute approximate surface area is 255 Å². The minimum absolute atomic E-state index is 0.517. The Balaban J connectivity index is 1.25. The SMILES string of the molecule is O=C(O)C=CC(=O)Nc1ccc(Sc2ccc(Oc3ccc(Sc4ccc(NC(=O)C=CC(=O)O)cc4)cc3)cc2)cc1. The van der Waals surface area contributed by atoms with Crippen LogP contribution in [0.5, 0.6) is 11.5 Å². The van der Waals surface area contributed by atoms with Gasteiger partial charge >= 0.3 is 11.9 Å². The molecule has 9 nitrogen and oxygen atoms in total. The van der Waals surface area contributed by atoms with Crippen LogP contribution in [0, 0.1) is 0 Å². The maximum absolute atomic E-state index is 11.7. The molecule has 2 amide bonds. The number of aliphatic carboxylic acids is 2. The highest BCUT2D eigenvalue weighted by Crippen LogP contribution is 2.33. The van der Waals surface area contributed by atoms with Crippen molar-refractivity contribution in [2.75, 3.05) is 10.6 Å². The summed E-state index contributed by atoms with van der Waals surface area (Å²) in [5.41, 5.74) is 1.12. The second-order valence-corrected chi connectivity index (χ2v) is 10.9. The van der Waals surface area contributed by atoms with Crippen molar-refractivity contribution >= 4 is 58.7 Å². The molecule has 216 valence electrons. The fraction of sp³-hybridized carbons (Fsp3) is 0. The Morgan fingerprint density at radius 2 is 0.791 bits per heavy atom. The molecule has 4 aromatic rings. The smallest absolute Gasteiger partial charge is 0.328 e. The zero-order chi connectivity index (χ0) is 30.6. The largest absolute Gasteiger partial charge is 0.478 e. The van der Waals surface area contributed by atoms with Crippen LogP contribution in [0.25, 0.3) is 0 Å². The maximum atomic E-state index is 11.7. The number of carboxylic acid groups (broad SMARTS) is 2. The lowest BCUT2D eigenvalue weighted by Crippen LogP contribution is -2.08. The molecule has 0 saturated heterocycles. The van der Waals surface area contributed by atoms with Gasteiger partial charge in [0.1, 0.15) is 11.5 Å². The van der Waals surface area contributed by atoms with Gasteiger partial charge in [-0.1, -0.05) is 23.5 Å². The minimum atomic E-state index is -1.19. The van der Waals surface area contributed by atoms with E-state index >= 15 is 0 Å². The van der Waals surface area contributed by atoms with Crippen LogP contribution < -0.4 is 15.4 Å². The van der Waals surface area contributed by atoms with Crippen molar-refractivity contribution in [1.82, 2.24) is 0 Å². The highest BCUT2D eigenvalue weighted by Gasteiger charge is 2.05. The predicted octanol–water partition coefficient (Wildman–Crippen LogP) is 6.94. The summed E-state index contributed by atoms with van der Waals surface area (Å²) in [6.07, 6.45) is 3.48. The Morgan fingerprint density at radius 1 is 0.488 bits per heavy atom. The number of carbonyl (C=O) groups is 4. The summed E-state index contributed by atoms with van der Waals surface area (Å²) in [6, 6.07) is 29.7. The molecule has 0 saturated carbocycles. The fourth-order valence-corrected chi connectivity index (χ4v) is 5.07. The Bertz CT molecular complexity index is 1530. The quantitative estimate of drug-likeness (QED) is 0.125. The molecule has 0 aliphatic rings. The third-order valence-electron chi connectivity index (χ3n) is 5.35. The van der Waals surface area contributed by atoms with E-state index in [1.165, 1.54) is 0 Å². The minimum Gasteiger partial charge on any atom is -0.478 e. The number of benzene rings is 4. The molecule has 4 aromatic carbocycles. The van der Waals surface area contributed by atoms with Crippen LogP contribution in [0.2, 0.25) is 0 Å². The molecule has 0 bridgehead atoms. The lowest BCUT2D eigenvalue weighted by Gasteiger charge is -2.09. The van der Waals surface area contributed by atoms with Gasteiger partial charge in [-0.15, -0.1) is 0 Å². The van der Waals surface area contributed by atoms with Gasteiger partial charge in [-0.2, -0.15) is 0 Å². The monoisotopic (exact) mass is 612 g/mol. The summed E-state index contributed by atoms with van der Waals surface area (Å²) >= 11 is 3.09. The highest BCUT2D eigenvalue weighted by atomic mass is 32.2. The van der Waals surface area contributed by atoms with Crippen molar-refractivity contribution in [3.63, 3.8) is 0 Å². The van der Waals surface area contributed by atoms with E-state index < -0.39 is 23.8 Å². The lowest BCUT2D eigenvalue weighted by molar-refractivity contribution is -0.132. The van der Waals surface area contributed by atoms with Gasteiger partial charge in [0.25, 0.3) is 0 Å². The zero-order valence-corrected chi connectivity index (χ0v) is 23.9. The number of ether oxygens (including phenoxy) is 1. The Kier molecular flexibility index (Phi) is 10.8. The van der Waals surface area contributed by atoms with Crippen LogP contribution in [0.1, 0.15) is 0 Å². The number of rotatable bonds is 12. The Morgan fingerprint density at radius 3 is 1.09 bits per heavy atom. The molecular formula is C32H24N2O7S2. The number of nitrogens with one attached hydrogen (secondary N) is 2. The van der Waals surface area contributed by atoms with Crippen molar-refractivity contribution in [1.29, 1.82) is 0 Å². The van der Waals surface area contributed by atoms with Crippen LogP contribution >= 0.6 is 23.5 Å². The first-order valence-corrected chi connectivity index (χ1v) is 14.2. The van der Waals surface area contributed by atoms with Crippen molar-refractivity contribution in [3.8, 4) is 11.5 Å². The fourth-order valence-electron chi connectivity index (χ4n) is 3.43. The first kappa shape index (κ1) is 30.7. The summed E-state index contributed by atoms with van der Waals surface area (Å²) in [6.45, 7) is 0. The van der Waals surface area contributed by atoms with E-state index in [4.69, 9.17) is 14.9 Å². The number of hydrogen-bond acceptors (Lipinski definition) is 7. The first-order chi connectivity index (χ1) is 20.7. The average Bonchev–Trinajstić information content (AvgIpc) is 2.99. The van der Waals surface area contributed by atoms with Crippen LogP contribution in [0.15, 0.2) is 141 Å². The van der Waals surface area contributed by atoms with E-state index in [-0.39, 0.29) is 0 Å². The average molecular weight is 613 g/mol. The highest BCUT2D eigenvalue weighted by molar-refractivity contribution is 7.99. The standard InChI is InChI=1S/C32H24N2O7S2/c35-29(17-19-31(37)38)33-21-1-9-25(10-2-21)42-27-13-5-23(6-14-27)41-24-7-15-28(16-8-24)43-26-11-3-22(4-12-26)34-30(36)18-20-32(39)40/h1-20H,(H,33,35)(H,34,36)(H,37,38)(H,39,40). The van der Waals surface area contributed by atoms with Gasteiger partial charge in [0.15, 0.2) is 0 Å². The lowest BCUT2D eigenvalue weighted by atomic mass is 10.3. The molecule has 0 radical (unpaired) electrons. The predicted molar refractivity (Wildman–Crippen MR) is 165 cm³/mol. The van der Waals surface area contributed by atoms with Gasteiger partial charge in [-0.05, 0) is 97.1 Å². The summed E-state index contributed by atoms with van der Waals surface area (Å²) < 4.78 is 5.98.